The first-order valence-corrected chi connectivity index (χ1v) is 9.40. The van der Waals surface area contributed by atoms with Gasteiger partial charge in [0.2, 0.25) is 0 Å². The van der Waals surface area contributed by atoms with Gasteiger partial charge >= 0.3 is 0 Å². The highest BCUT2D eigenvalue weighted by atomic mass is 16.3. The van der Waals surface area contributed by atoms with E-state index in [-0.39, 0.29) is 6.10 Å². The second kappa shape index (κ2) is 8.50. The minimum Gasteiger partial charge on any atom is -0.393 e. The summed E-state index contributed by atoms with van der Waals surface area (Å²) >= 11 is 0. The fourth-order valence-corrected chi connectivity index (χ4v) is 3.74. The lowest BCUT2D eigenvalue weighted by Gasteiger charge is -2.34. The molecular formula is C22H30N2O. The molecule has 0 aliphatic carbocycles. The van der Waals surface area contributed by atoms with Crippen molar-refractivity contribution in [2.45, 2.75) is 32.4 Å². The maximum absolute atomic E-state index is 10.3. The second-order valence-corrected chi connectivity index (χ2v) is 7.25. The van der Waals surface area contributed by atoms with Crippen LogP contribution in [0.2, 0.25) is 0 Å². The second-order valence-electron chi connectivity index (χ2n) is 7.25. The van der Waals surface area contributed by atoms with Crippen molar-refractivity contribution >= 4 is 5.69 Å². The summed E-state index contributed by atoms with van der Waals surface area (Å²) in [7, 11) is 2.14. The third kappa shape index (κ3) is 4.83. The normalized spacial score (nSPS) is 21.2. The molecule has 2 atom stereocenters. The Morgan fingerprint density at radius 1 is 1.04 bits per heavy atom. The largest absolute Gasteiger partial charge is 0.393 e. The van der Waals surface area contributed by atoms with Gasteiger partial charge in [-0.3, -0.25) is 0 Å². The lowest BCUT2D eigenvalue weighted by Crippen LogP contribution is -2.41. The summed E-state index contributed by atoms with van der Waals surface area (Å²) in [6.07, 6.45) is 1.68. The van der Waals surface area contributed by atoms with E-state index in [0.29, 0.717) is 5.92 Å². The molecule has 0 spiro atoms. The van der Waals surface area contributed by atoms with Crippen molar-refractivity contribution in [2.75, 3.05) is 31.6 Å². The van der Waals surface area contributed by atoms with E-state index in [9.17, 15) is 5.11 Å². The van der Waals surface area contributed by atoms with Crippen LogP contribution in [0.4, 0.5) is 5.69 Å². The molecule has 2 unspecified atom stereocenters. The van der Waals surface area contributed by atoms with Crippen LogP contribution in [0, 0.1) is 5.92 Å². The fraction of sp³-hybridized carbons (Fsp3) is 0.455. The van der Waals surface area contributed by atoms with Crippen LogP contribution in [0.3, 0.4) is 0 Å². The summed E-state index contributed by atoms with van der Waals surface area (Å²) < 4.78 is 0. The third-order valence-electron chi connectivity index (χ3n) is 5.29. The molecule has 1 N–H and O–H groups in total. The Kier molecular flexibility index (Phi) is 6.11. The Morgan fingerprint density at radius 3 is 2.44 bits per heavy atom. The minimum absolute atomic E-state index is 0.166. The van der Waals surface area contributed by atoms with Crippen LogP contribution < -0.4 is 4.90 Å². The predicted octanol–water partition coefficient (Wildman–Crippen LogP) is 3.57. The van der Waals surface area contributed by atoms with E-state index >= 15 is 0 Å². The molecule has 0 saturated carbocycles. The molecule has 0 aromatic heterocycles. The number of benzene rings is 2. The zero-order chi connectivity index (χ0) is 17.6. The molecule has 134 valence electrons. The maximum Gasteiger partial charge on any atom is 0.0596 e. The number of anilines is 1. The Labute approximate surface area is 151 Å². The molecule has 1 fully saturated rings. The quantitative estimate of drug-likeness (QED) is 0.872. The van der Waals surface area contributed by atoms with E-state index < -0.39 is 0 Å². The highest BCUT2D eigenvalue weighted by Gasteiger charge is 2.25. The van der Waals surface area contributed by atoms with Crippen molar-refractivity contribution in [3.8, 4) is 0 Å². The molecule has 1 aliphatic rings. The van der Waals surface area contributed by atoms with Crippen molar-refractivity contribution in [3.05, 3.63) is 65.7 Å². The summed E-state index contributed by atoms with van der Waals surface area (Å²) in [5.41, 5.74) is 3.91. The molecule has 2 aromatic carbocycles. The molecule has 3 nitrogen and oxygen atoms in total. The van der Waals surface area contributed by atoms with Gasteiger partial charge in [-0.1, -0.05) is 42.5 Å². The standard InChI is InChI=1S/C22H30N2O/c1-3-24(16-19-7-5-4-6-8-19)21-11-9-18(10-12-21)15-20-17-23(2)14-13-22(20)25/h4-12,20,22,25H,3,13-17H2,1-2H3. The third-order valence-corrected chi connectivity index (χ3v) is 5.29. The van der Waals surface area contributed by atoms with Crippen LogP contribution in [-0.2, 0) is 13.0 Å². The summed E-state index contributed by atoms with van der Waals surface area (Å²) in [4.78, 5) is 4.72. The highest BCUT2D eigenvalue weighted by Crippen LogP contribution is 2.23. The molecule has 3 rings (SSSR count). The number of hydrogen-bond donors (Lipinski definition) is 1. The molecule has 0 bridgehead atoms. The first-order chi connectivity index (χ1) is 12.2. The van der Waals surface area contributed by atoms with Crippen LogP contribution >= 0.6 is 0 Å². The summed E-state index contributed by atoms with van der Waals surface area (Å²) in [6, 6.07) is 19.5. The molecule has 3 heteroatoms. The van der Waals surface area contributed by atoms with Crippen molar-refractivity contribution in [3.63, 3.8) is 0 Å². The van der Waals surface area contributed by atoms with E-state index in [1.807, 2.05) is 0 Å². The molecule has 1 aliphatic heterocycles. The number of aliphatic hydroxyl groups excluding tert-OH is 1. The fourth-order valence-electron chi connectivity index (χ4n) is 3.74. The van der Waals surface area contributed by atoms with Crippen LogP contribution in [0.1, 0.15) is 24.5 Å². The SMILES string of the molecule is CCN(Cc1ccccc1)c1ccc(CC2CN(C)CCC2O)cc1. The highest BCUT2D eigenvalue weighted by molar-refractivity contribution is 5.48. The van der Waals surface area contributed by atoms with Gasteiger partial charge < -0.3 is 14.9 Å². The van der Waals surface area contributed by atoms with Crippen LogP contribution in [0.5, 0.6) is 0 Å². The van der Waals surface area contributed by atoms with Gasteiger partial charge in [0.05, 0.1) is 6.10 Å². The smallest absolute Gasteiger partial charge is 0.0596 e. The van der Waals surface area contributed by atoms with Gasteiger partial charge in [-0.15, -0.1) is 0 Å². The number of nitrogens with zero attached hydrogens (tertiary/aromatic N) is 2. The van der Waals surface area contributed by atoms with Crippen molar-refractivity contribution < 1.29 is 5.11 Å². The van der Waals surface area contributed by atoms with E-state index in [1.54, 1.807) is 0 Å². The monoisotopic (exact) mass is 338 g/mol. The molecule has 0 amide bonds. The van der Waals surface area contributed by atoms with Crippen LogP contribution in [0.25, 0.3) is 0 Å². The predicted molar refractivity (Wildman–Crippen MR) is 105 cm³/mol. The van der Waals surface area contributed by atoms with Crippen molar-refractivity contribution in [2.24, 2.45) is 5.92 Å². The van der Waals surface area contributed by atoms with Crippen LogP contribution in [-0.4, -0.2) is 42.8 Å². The number of aliphatic hydroxyl groups is 1. The summed E-state index contributed by atoms with van der Waals surface area (Å²) in [5, 5.41) is 10.3. The molecule has 25 heavy (non-hydrogen) atoms. The summed E-state index contributed by atoms with van der Waals surface area (Å²) in [5.74, 6) is 0.344. The van der Waals surface area contributed by atoms with Crippen molar-refractivity contribution in [1.29, 1.82) is 0 Å². The zero-order valence-corrected chi connectivity index (χ0v) is 15.4. The molecule has 0 radical (unpaired) electrons. The Hall–Kier alpha value is -1.84. The number of piperidine rings is 1. The van der Waals surface area contributed by atoms with E-state index in [1.165, 1.54) is 16.8 Å². The van der Waals surface area contributed by atoms with Gasteiger partial charge in [0.25, 0.3) is 0 Å². The Morgan fingerprint density at radius 2 is 1.76 bits per heavy atom. The van der Waals surface area contributed by atoms with E-state index in [2.05, 4.69) is 78.4 Å². The van der Waals surface area contributed by atoms with Gasteiger partial charge in [0.1, 0.15) is 0 Å². The lowest BCUT2D eigenvalue weighted by molar-refractivity contribution is 0.0366. The van der Waals surface area contributed by atoms with Gasteiger partial charge in [-0.05, 0) is 50.1 Å². The van der Waals surface area contributed by atoms with Gasteiger partial charge in [-0.2, -0.15) is 0 Å². The number of likely N-dealkylation sites (tertiary alicyclic amines) is 1. The zero-order valence-electron chi connectivity index (χ0n) is 15.4. The average molecular weight is 338 g/mol. The van der Waals surface area contributed by atoms with E-state index in [4.69, 9.17) is 0 Å². The first kappa shape index (κ1) is 18.0. The van der Waals surface area contributed by atoms with Gasteiger partial charge in [0.15, 0.2) is 0 Å². The van der Waals surface area contributed by atoms with Gasteiger partial charge in [-0.25, -0.2) is 0 Å². The molecule has 1 saturated heterocycles. The molecular weight excluding hydrogens is 308 g/mol. The lowest BCUT2D eigenvalue weighted by atomic mass is 9.89. The van der Waals surface area contributed by atoms with Crippen molar-refractivity contribution in [1.82, 2.24) is 4.90 Å². The Bertz CT molecular complexity index is 641. The summed E-state index contributed by atoms with van der Waals surface area (Å²) in [6.45, 7) is 6.10. The molecule has 2 aromatic rings. The topological polar surface area (TPSA) is 26.7 Å². The molecule has 1 heterocycles. The van der Waals surface area contributed by atoms with Crippen LogP contribution in [0.15, 0.2) is 54.6 Å². The average Bonchev–Trinajstić information content (AvgIpc) is 2.64. The van der Waals surface area contributed by atoms with Gasteiger partial charge in [0, 0.05) is 37.8 Å². The number of rotatable bonds is 6. The first-order valence-electron chi connectivity index (χ1n) is 9.40. The van der Waals surface area contributed by atoms with E-state index in [0.717, 1.165) is 39.0 Å². The maximum atomic E-state index is 10.3. The minimum atomic E-state index is -0.166. The Balaban J connectivity index is 1.64. The number of hydrogen-bond acceptors (Lipinski definition) is 3.